The predicted octanol–water partition coefficient (Wildman–Crippen LogP) is 1.63. The van der Waals surface area contributed by atoms with Crippen molar-refractivity contribution in [1.82, 2.24) is 10.0 Å². The SMILES string of the molecule is CCC1(CNS(=O)(=O)C2CCNCC2)CCCC1. The molecule has 0 unspecified atom stereocenters. The van der Waals surface area contributed by atoms with Crippen LogP contribution >= 0.6 is 0 Å². The zero-order chi connectivity index (χ0) is 13.1. The summed E-state index contributed by atoms with van der Waals surface area (Å²) in [4.78, 5) is 0. The smallest absolute Gasteiger partial charge is 0.214 e. The second kappa shape index (κ2) is 5.88. The second-order valence-corrected chi connectivity index (χ2v) is 7.92. The van der Waals surface area contributed by atoms with Gasteiger partial charge in [-0.2, -0.15) is 0 Å². The van der Waals surface area contributed by atoms with Gasteiger partial charge < -0.3 is 5.32 Å². The van der Waals surface area contributed by atoms with E-state index in [4.69, 9.17) is 0 Å². The summed E-state index contributed by atoms with van der Waals surface area (Å²) in [6.07, 6.45) is 7.44. The van der Waals surface area contributed by atoms with E-state index in [1.807, 2.05) is 0 Å². The van der Waals surface area contributed by atoms with Crippen LogP contribution in [0.3, 0.4) is 0 Å². The first-order valence-corrected chi connectivity index (χ1v) is 8.82. The average molecular weight is 274 g/mol. The molecule has 18 heavy (non-hydrogen) atoms. The van der Waals surface area contributed by atoms with Crippen molar-refractivity contribution in [2.75, 3.05) is 19.6 Å². The molecular formula is C13H26N2O2S. The number of piperidine rings is 1. The molecule has 1 aliphatic carbocycles. The Balaban J connectivity index is 1.91. The molecule has 4 nitrogen and oxygen atoms in total. The number of hydrogen-bond donors (Lipinski definition) is 2. The zero-order valence-corrected chi connectivity index (χ0v) is 12.2. The van der Waals surface area contributed by atoms with Gasteiger partial charge in [0.25, 0.3) is 0 Å². The molecule has 1 aliphatic heterocycles. The summed E-state index contributed by atoms with van der Waals surface area (Å²) in [6.45, 7) is 4.48. The summed E-state index contributed by atoms with van der Waals surface area (Å²) in [5.74, 6) is 0. The molecule has 2 fully saturated rings. The molecule has 1 heterocycles. The summed E-state index contributed by atoms with van der Waals surface area (Å²) >= 11 is 0. The van der Waals surface area contributed by atoms with Gasteiger partial charge in [0, 0.05) is 6.54 Å². The maximum atomic E-state index is 12.3. The maximum Gasteiger partial charge on any atom is 0.214 e. The minimum atomic E-state index is -3.11. The van der Waals surface area contributed by atoms with Gasteiger partial charge in [0.1, 0.15) is 0 Å². The highest BCUT2D eigenvalue weighted by molar-refractivity contribution is 7.90. The van der Waals surface area contributed by atoms with Gasteiger partial charge in [0.15, 0.2) is 0 Å². The molecule has 0 aromatic rings. The van der Waals surface area contributed by atoms with Crippen molar-refractivity contribution in [1.29, 1.82) is 0 Å². The quantitative estimate of drug-likeness (QED) is 0.801. The Hall–Kier alpha value is -0.130. The molecule has 0 radical (unpaired) electrons. The molecule has 2 N–H and O–H groups in total. The topological polar surface area (TPSA) is 58.2 Å². The van der Waals surface area contributed by atoms with E-state index in [1.54, 1.807) is 0 Å². The van der Waals surface area contributed by atoms with Crippen molar-refractivity contribution in [3.05, 3.63) is 0 Å². The lowest BCUT2D eigenvalue weighted by atomic mass is 9.84. The van der Waals surface area contributed by atoms with Crippen LogP contribution in [0, 0.1) is 5.41 Å². The Morgan fingerprint density at radius 3 is 2.39 bits per heavy atom. The second-order valence-electron chi connectivity index (χ2n) is 5.88. The fourth-order valence-electron chi connectivity index (χ4n) is 3.26. The minimum Gasteiger partial charge on any atom is -0.317 e. The maximum absolute atomic E-state index is 12.3. The van der Waals surface area contributed by atoms with Crippen LogP contribution in [0.2, 0.25) is 0 Å². The van der Waals surface area contributed by atoms with Crippen molar-refractivity contribution in [3.63, 3.8) is 0 Å². The summed E-state index contributed by atoms with van der Waals surface area (Å²) in [5, 5.41) is 3.02. The Bertz CT molecular complexity index is 355. The monoisotopic (exact) mass is 274 g/mol. The number of rotatable bonds is 5. The zero-order valence-electron chi connectivity index (χ0n) is 11.4. The van der Waals surface area contributed by atoms with E-state index in [9.17, 15) is 8.42 Å². The Kier molecular flexibility index (Phi) is 4.67. The lowest BCUT2D eigenvalue weighted by molar-refractivity contribution is 0.285. The molecular weight excluding hydrogens is 248 g/mol. The first-order chi connectivity index (χ1) is 8.58. The molecule has 5 heteroatoms. The number of sulfonamides is 1. The fourth-order valence-corrected chi connectivity index (χ4v) is 4.86. The van der Waals surface area contributed by atoms with E-state index in [0.717, 1.165) is 32.4 Å². The van der Waals surface area contributed by atoms with Crippen LogP contribution in [0.15, 0.2) is 0 Å². The largest absolute Gasteiger partial charge is 0.317 e. The number of nitrogens with one attached hydrogen (secondary N) is 2. The first-order valence-electron chi connectivity index (χ1n) is 7.27. The molecule has 106 valence electrons. The van der Waals surface area contributed by atoms with Crippen molar-refractivity contribution in [2.45, 2.75) is 57.1 Å². The number of hydrogen-bond acceptors (Lipinski definition) is 3. The summed E-state index contributed by atoms with van der Waals surface area (Å²) in [6, 6.07) is 0. The van der Waals surface area contributed by atoms with Gasteiger partial charge in [-0.15, -0.1) is 0 Å². The van der Waals surface area contributed by atoms with Gasteiger partial charge in [0.05, 0.1) is 5.25 Å². The molecule has 1 saturated carbocycles. The highest BCUT2D eigenvalue weighted by Gasteiger charge is 2.35. The molecule has 0 bridgehead atoms. The van der Waals surface area contributed by atoms with Gasteiger partial charge in [-0.25, -0.2) is 13.1 Å². The molecule has 0 aromatic heterocycles. The minimum absolute atomic E-state index is 0.186. The molecule has 2 aliphatic rings. The molecule has 0 aromatic carbocycles. The van der Waals surface area contributed by atoms with Crippen LogP contribution in [0.4, 0.5) is 0 Å². The molecule has 0 atom stereocenters. The van der Waals surface area contributed by atoms with Crippen molar-refractivity contribution in [2.24, 2.45) is 5.41 Å². The average Bonchev–Trinajstić information content (AvgIpc) is 2.87. The van der Waals surface area contributed by atoms with Crippen LogP contribution in [-0.4, -0.2) is 33.3 Å². The van der Waals surface area contributed by atoms with E-state index < -0.39 is 10.0 Å². The lowest BCUT2D eigenvalue weighted by Gasteiger charge is -2.30. The normalized spacial score (nSPS) is 25.4. The van der Waals surface area contributed by atoms with Gasteiger partial charge >= 0.3 is 0 Å². The third kappa shape index (κ3) is 3.25. The summed E-state index contributed by atoms with van der Waals surface area (Å²) in [5.41, 5.74) is 0.236. The van der Waals surface area contributed by atoms with Crippen molar-refractivity contribution in [3.8, 4) is 0 Å². The van der Waals surface area contributed by atoms with Gasteiger partial charge in [-0.3, -0.25) is 0 Å². The van der Waals surface area contributed by atoms with E-state index in [0.29, 0.717) is 6.54 Å². The van der Waals surface area contributed by atoms with Gasteiger partial charge in [-0.1, -0.05) is 19.8 Å². The summed E-state index contributed by atoms with van der Waals surface area (Å²) in [7, 11) is -3.11. The van der Waals surface area contributed by atoms with Crippen LogP contribution in [0.1, 0.15) is 51.9 Å². The van der Waals surface area contributed by atoms with E-state index in [1.165, 1.54) is 25.7 Å². The fraction of sp³-hybridized carbons (Fsp3) is 1.00. The predicted molar refractivity (Wildman–Crippen MR) is 74.0 cm³/mol. The lowest BCUT2D eigenvalue weighted by Crippen LogP contribution is -2.44. The third-order valence-corrected chi connectivity index (χ3v) is 6.68. The van der Waals surface area contributed by atoms with Crippen molar-refractivity contribution < 1.29 is 8.42 Å². The standard InChI is InChI=1S/C13H26N2O2S/c1-2-13(7-3-4-8-13)11-15-18(16,17)12-5-9-14-10-6-12/h12,14-15H,2-11H2,1H3. The Labute approximate surface area is 111 Å². The van der Waals surface area contributed by atoms with Crippen LogP contribution in [0.5, 0.6) is 0 Å². The van der Waals surface area contributed by atoms with Crippen molar-refractivity contribution >= 4 is 10.0 Å². The van der Waals surface area contributed by atoms with Crippen LogP contribution in [-0.2, 0) is 10.0 Å². The first kappa shape index (κ1) is 14.3. The molecule has 1 saturated heterocycles. The van der Waals surface area contributed by atoms with E-state index >= 15 is 0 Å². The highest BCUT2D eigenvalue weighted by atomic mass is 32.2. The Morgan fingerprint density at radius 1 is 1.22 bits per heavy atom. The van der Waals surface area contributed by atoms with Gasteiger partial charge in [0.2, 0.25) is 10.0 Å². The molecule has 0 spiro atoms. The highest BCUT2D eigenvalue weighted by Crippen LogP contribution is 2.40. The third-order valence-electron chi connectivity index (χ3n) is 4.79. The molecule has 2 rings (SSSR count). The molecule has 0 amide bonds. The van der Waals surface area contributed by atoms with E-state index in [-0.39, 0.29) is 10.7 Å². The van der Waals surface area contributed by atoms with Gasteiger partial charge in [-0.05, 0) is 50.6 Å². The summed E-state index contributed by atoms with van der Waals surface area (Å²) < 4.78 is 27.4. The Morgan fingerprint density at radius 2 is 1.83 bits per heavy atom. The van der Waals surface area contributed by atoms with Crippen LogP contribution < -0.4 is 10.0 Å². The van der Waals surface area contributed by atoms with E-state index in [2.05, 4.69) is 17.0 Å². The van der Waals surface area contributed by atoms with Crippen LogP contribution in [0.25, 0.3) is 0 Å².